The van der Waals surface area contributed by atoms with Gasteiger partial charge in [0.2, 0.25) is 0 Å². The van der Waals surface area contributed by atoms with E-state index < -0.39 is 0 Å². The molecule has 1 aromatic rings. The smallest absolute Gasteiger partial charge is 0.0473 e. The Balaban J connectivity index is 2.56. The van der Waals surface area contributed by atoms with Crippen LogP contribution in [0.5, 0.6) is 0 Å². The van der Waals surface area contributed by atoms with Crippen molar-refractivity contribution in [2.75, 3.05) is 0 Å². The van der Waals surface area contributed by atoms with E-state index >= 15 is 0 Å². The van der Waals surface area contributed by atoms with Crippen molar-refractivity contribution in [1.29, 1.82) is 0 Å². The largest absolute Gasteiger partial charge is 0.321 e. The molecule has 1 aliphatic carbocycles. The molecule has 0 heterocycles. The molecule has 1 saturated carbocycles. The SMILES string of the molecule is Cc1cc(C)c(C2(N)CC2(C)C)c(C)c1. The highest BCUT2D eigenvalue weighted by Gasteiger charge is 2.60. The van der Waals surface area contributed by atoms with Crippen LogP contribution in [0.25, 0.3) is 0 Å². The Morgan fingerprint density at radius 2 is 1.47 bits per heavy atom. The van der Waals surface area contributed by atoms with Crippen LogP contribution in [0.3, 0.4) is 0 Å². The fraction of sp³-hybridized carbons (Fsp3) is 0.571. The van der Waals surface area contributed by atoms with Gasteiger partial charge in [-0.15, -0.1) is 0 Å². The first-order chi connectivity index (χ1) is 6.78. The number of hydrogen-bond acceptors (Lipinski definition) is 1. The van der Waals surface area contributed by atoms with E-state index in [0.29, 0.717) is 0 Å². The van der Waals surface area contributed by atoms with Crippen LogP contribution in [0.2, 0.25) is 0 Å². The van der Waals surface area contributed by atoms with E-state index in [-0.39, 0.29) is 11.0 Å². The summed E-state index contributed by atoms with van der Waals surface area (Å²) in [7, 11) is 0. The van der Waals surface area contributed by atoms with Crippen molar-refractivity contribution >= 4 is 0 Å². The molecule has 2 N–H and O–H groups in total. The Labute approximate surface area is 92.7 Å². The zero-order chi connectivity index (χ0) is 11.4. The number of nitrogens with two attached hydrogens (primary N) is 1. The first kappa shape index (κ1) is 10.7. The monoisotopic (exact) mass is 203 g/mol. The van der Waals surface area contributed by atoms with Gasteiger partial charge in [0.05, 0.1) is 0 Å². The van der Waals surface area contributed by atoms with E-state index in [1.165, 1.54) is 22.3 Å². The topological polar surface area (TPSA) is 26.0 Å². The van der Waals surface area contributed by atoms with Crippen LogP contribution in [0.4, 0.5) is 0 Å². The van der Waals surface area contributed by atoms with E-state index in [4.69, 9.17) is 5.73 Å². The minimum Gasteiger partial charge on any atom is -0.321 e. The highest BCUT2D eigenvalue weighted by Crippen LogP contribution is 2.61. The summed E-state index contributed by atoms with van der Waals surface area (Å²) in [5, 5.41) is 0. The average molecular weight is 203 g/mol. The van der Waals surface area contributed by atoms with Crippen LogP contribution in [0.1, 0.15) is 42.5 Å². The average Bonchev–Trinajstić information content (AvgIpc) is 2.47. The Hall–Kier alpha value is -0.820. The molecule has 1 nitrogen and oxygen atoms in total. The molecule has 2 rings (SSSR count). The minimum atomic E-state index is -0.0884. The van der Waals surface area contributed by atoms with Crippen LogP contribution >= 0.6 is 0 Å². The van der Waals surface area contributed by atoms with Crippen molar-refractivity contribution in [3.05, 3.63) is 34.4 Å². The molecule has 1 atom stereocenters. The van der Waals surface area contributed by atoms with Gasteiger partial charge in [-0.2, -0.15) is 0 Å². The Morgan fingerprint density at radius 1 is 1.07 bits per heavy atom. The van der Waals surface area contributed by atoms with Gasteiger partial charge in [-0.3, -0.25) is 0 Å². The Bertz CT molecular complexity index is 394. The molecule has 82 valence electrons. The van der Waals surface area contributed by atoms with Gasteiger partial charge >= 0.3 is 0 Å². The van der Waals surface area contributed by atoms with E-state index in [9.17, 15) is 0 Å². The van der Waals surface area contributed by atoms with Crippen LogP contribution in [0.15, 0.2) is 12.1 Å². The normalized spacial score (nSPS) is 27.9. The maximum absolute atomic E-state index is 6.50. The molecule has 0 spiro atoms. The third-order valence-electron chi connectivity index (χ3n) is 3.93. The van der Waals surface area contributed by atoms with Crippen molar-refractivity contribution in [3.63, 3.8) is 0 Å². The Morgan fingerprint density at radius 3 is 1.80 bits per heavy atom. The fourth-order valence-electron chi connectivity index (χ4n) is 2.96. The summed E-state index contributed by atoms with van der Waals surface area (Å²) in [5.74, 6) is 0. The predicted molar refractivity (Wildman–Crippen MR) is 64.9 cm³/mol. The molecular formula is C14H21N. The number of hydrogen-bond donors (Lipinski definition) is 1. The van der Waals surface area contributed by atoms with Gasteiger partial charge < -0.3 is 5.73 Å². The zero-order valence-electron chi connectivity index (χ0n) is 10.4. The molecule has 1 unspecified atom stereocenters. The van der Waals surface area contributed by atoms with Crippen LogP contribution in [-0.2, 0) is 5.54 Å². The van der Waals surface area contributed by atoms with E-state index in [2.05, 4.69) is 46.8 Å². The molecule has 0 radical (unpaired) electrons. The summed E-state index contributed by atoms with van der Waals surface area (Å²) in [4.78, 5) is 0. The van der Waals surface area contributed by atoms with Gasteiger partial charge in [0, 0.05) is 5.54 Å². The summed E-state index contributed by atoms with van der Waals surface area (Å²) in [6, 6.07) is 4.48. The summed E-state index contributed by atoms with van der Waals surface area (Å²) >= 11 is 0. The molecule has 1 aromatic carbocycles. The standard InChI is InChI=1S/C14H21N/c1-9-6-10(2)12(11(3)7-9)14(15)8-13(14,4)5/h6-7H,8,15H2,1-5H3. The van der Waals surface area contributed by atoms with Crippen LogP contribution in [0, 0.1) is 26.2 Å². The van der Waals surface area contributed by atoms with Gasteiger partial charge in [-0.1, -0.05) is 31.5 Å². The third-order valence-corrected chi connectivity index (χ3v) is 3.93. The second kappa shape index (κ2) is 2.85. The summed E-state index contributed by atoms with van der Waals surface area (Å²) < 4.78 is 0. The maximum Gasteiger partial charge on any atom is 0.0473 e. The Kier molecular flexibility index (Phi) is 2.03. The minimum absolute atomic E-state index is 0.0884. The first-order valence-corrected chi connectivity index (χ1v) is 5.65. The fourth-order valence-corrected chi connectivity index (χ4v) is 2.96. The molecule has 0 saturated heterocycles. The molecule has 0 aliphatic heterocycles. The molecule has 1 aliphatic rings. The molecule has 15 heavy (non-hydrogen) atoms. The lowest BCUT2D eigenvalue weighted by molar-refractivity contribution is 0.506. The van der Waals surface area contributed by atoms with Gasteiger partial charge in [0.25, 0.3) is 0 Å². The van der Waals surface area contributed by atoms with Gasteiger partial charge in [-0.25, -0.2) is 0 Å². The van der Waals surface area contributed by atoms with Crippen molar-refractivity contribution in [2.24, 2.45) is 11.1 Å². The lowest BCUT2D eigenvalue weighted by atomic mass is 9.88. The van der Waals surface area contributed by atoms with Crippen molar-refractivity contribution in [3.8, 4) is 0 Å². The first-order valence-electron chi connectivity index (χ1n) is 5.65. The molecule has 0 bridgehead atoms. The third kappa shape index (κ3) is 1.41. The molecule has 1 heteroatoms. The predicted octanol–water partition coefficient (Wildman–Crippen LogP) is 3.20. The summed E-state index contributed by atoms with van der Waals surface area (Å²) in [6.07, 6.45) is 1.10. The molecule has 0 amide bonds. The van der Waals surface area contributed by atoms with Crippen LogP contribution < -0.4 is 5.73 Å². The zero-order valence-corrected chi connectivity index (χ0v) is 10.4. The highest BCUT2D eigenvalue weighted by molar-refractivity contribution is 5.47. The number of aryl methyl sites for hydroxylation is 3. The van der Waals surface area contributed by atoms with E-state index in [1.54, 1.807) is 0 Å². The summed E-state index contributed by atoms with van der Waals surface area (Å²) in [5.41, 5.74) is 12.1. The van der Waals surface area contributed by atoms with Crippen LogP contribution in [-0.4, -0.2) is 0 Å². The molecule has 1 fully saturated rings. The second-order valence-electron chi connectivity index (χ2n) is 5.81. The number of benzene rings is 1. The quantitative estimate of drug-likeness (QED) is 0.745. The van der Waals surface area contributed by atoms with Gasteiger partial charge in [0.1, 0.15) is 0 Å². The molecule has 0 aromatic heterocycles. The summed E-state index contributed by atoms with van der Waals surface area (Å²) in [6.45, 7) is 11.0. The van der Waals surface area contributed by atoms with Crippen molar-refractivity contribution < 1.29 is 0 Å². The lowest BCUT2D eigenvalue weighted by Gasteiger charge is -2.21. The van der Waals surface area contributed by atoms with Crippen molar-refractivity contribution in [2.45, 2.75) is 46.6 Å². The van der Waals surface area contributed by atoms with E-state index in [1.807, 2.05) is 0 Å². The van der Waals surface area contributed by atoms with Gasteiger partial charge in [-0.05, 0) is 49.3 Å². The molecular weight excluding hydrogens is 182 g/mol. The van der Waals surface area contributed by atoms with Crippen molar-refractivity contribution in [1.82, 2.24) is 0 Å². The van der Waals surface area contributed by atoms with E-state index in [0.717, 1.165) is 6.42 Å². The number of rotatable bonds is 1. The highest BCUT2D eigenvalue weighted by atomic mass is 14.9. The maximum atomic E-state index is 6.50. The lowest BCUT2D eigenvalue weighted by Crippen LogP contribution is -2.27. The van der Waals surface area contributed by atoms with Gasteiger partial charge in [0.15, 0.2) is 0 Å². The second-order valence-corrected chi connectivity index (χ2v) is 5.81.